The molecule has 23 heavy (non-hydrogen) atoms. The lowest BCUT2D eigenvalue weighted by Crippen LogP contribution is -2.14. The van der Waals surface area contributed by atoms with Gasteiger partial charge in [0, 0.05) is 25.0 Å². The van der Waals surface area contributed by atoms with Crippen LogP contribution < -0.4 is 10.1 Å². The summed E-state index contributed by atoms with van der Waals surface area (Å²) in [5, 5.41) is 3.61. The van der Waals surface area contributed by atoms with Gasteiger partial charge in [-0.2, -0.15) is 0 Å². The van der Waals surface area contributed by atoms with Gasteiger partial charge >= 0.3 is 0 Å². The smallest absolute Gasteiger partial charge is 0.234 e. The molecule has 0 aliphatic carbocycles. The van der Waals surface area contributed by atoms with E-state index >= 15 is 0 Å². The van der Waals surface area contributed by atoms with Crippen LogP contribution in [0.1, 0.15) is 0 Å². The molecule has 6 nitrogen and oxygen atoms in total. The van der Waals surface area contributed by atoms with Crippen molar-refractivity contribution in [2.45, 2.75) is 5.16 Å². The molecule has 7 heteroatoms. The molecule has 0 spiro atoms. The number of aryl methyl sites for hydroxylation is 1. The highest BCUT2D eigenvalue weighted by atomic mass is 32.2. The van der Waals surface area contributed by atoms with Crippen LogP contribution in [0.5, 0.6) is 5.75 Å². The monoisotopic (exact) mass is 328 g/mol. The lowest BCUT2D eigenvalue weighted by Gasteiger charge is -2.06. The lowest BCUT2D eigenvalue weighted by molar-refractivity contribution is -0.113. The Hall–Kier alpha value is -2.54. The molecule has 0 unspecified atom stereocenters. The second-order valence-corrected chi connectivity index (χ2v) is 5.81. The number of carbonyl (C=O) groups is 1. The van der Waals surface area contributed by atoms with Crippen molar-refractivity contribution in [3.63, 3.8) is 0 Å². The highest BCUT2D eigenvalue weighted by Crippen LogP contribution is 2.22. The molecule has 0 saturated carbocycles. The van der Waals surface area contributed by atoms with Crippen LogP contribution in [0.4, 0.5) is 5.69 Å². The van der Waals surface area contributed by atoms with Gasteiger partial charge in [-0.3, -0.25) is 4.79 Å². The van der Waals surface area contributed by atoms with Crippen LogP contribution in [0.25, 0.3) is 11.2 Å². The van der Waals surface area contributed by atoms with E-state index in [0.717, 1.165) is 16.3 Å². The predicted octanol–water partition coefficient (Wildman–Crippen LogP) is 2.71. The maximum absolute atomic E-state index is 12.1. The number of pyridine rings is 1. The largest absolute Gasteiger partial charge is 0.497 e. The van der Waals surface area contributed by atoms with E-state index in [2.05, 4.69) is 15.3 Å². The standard InChI is InChI=1S/C16H16N4O2S/c1-20-15-13(7-4-8-17-15)19-16(20)23-10-14(21)18-11-5-3-6-12(9-11)22-2/h3-9H,10H2,1-2H3,(H,18,21). The van der Waals surface area contributed by atoms with E-state index in [-0.39, 0.29) is 11.7 Å². The van der Waals surface area contributed by atoms with Crippen molar-refractivity contribution < 1.29 is 9.53 Å². The van der Waals surface area contributed by atoms with Crippen molar-refractivity contribution in [1.82, 2.24) is 14.5 Å². The van der Waals surface area contributed by atoms with Crippen LogP contribution in [0.2, 0.25) is 0 Å². The van der Waals surface area contributed by atoms with E-state index in [9.17, 15) is 4.79 Å². The van der Waals surface area contributed by atoms with E-state index in [0.29, 0.717) is 11.4 Å². The number of rotatable bonds is 5. The summed E-state index contributed by atoms with van der Waals surface area (Å²) in [7, 11) is 3.49. The number of thioether (sulfide) groups is 1. The third-order valence-corrected chi connectivity index (χ3v) is 4.30. The molecule has 2 heterocycles. The van der Waals surface area contributed by atoms with E-state index in [1.807, 2.05) is 41.9 Å². The topological polar surface area (TPSA) is 69.0 Å². The number of imidazole rings is 1. The summed E-state index contributed by atoms with van der Waals surface area (Å²) in [5.74, 6) is 0.883. The van der Waals surface area contributed by atoms with E-state index in [1.165, 1.54) is 11.8 Å². The number of carbonyl (C=O) groups excluding carboxylic acids is 1. The lowest BCUT2D eigenvalue weighted by atomic mass is 10.3. The zero-order chi connectivity index (χ0) is 16.2. The summed E-state index contributed by atoms with van der Waals surface area (Å²) in [4.78, 5) is 20.9. The molecule has 3 rings (SSSR count). The molecule has 118 valence electrons. The molecule has 0 saturated heterocycles. The minimum atomic E-state index is -0.0942. The number of ether oxygens (including phenoxy) is 1. The average Bonchev–Trinajstić information content (AvgIpc) is 2.90. The molecular weight excluding hydrogens is 312 g/mol. The first kappa shape index (κ1) is 15.4. The van der Waals surface area contributed by atoms with Crippen molar-refractivity contribution in [3.05, 3.63) is 42.6 Å². The molecule has 1 N–H and O–H groups in total. The van der Waals surface area contributed by atoms with Crippen LogP contribution in [-0.2, 0) is 11.8 Å². The Bertz CT molecular complexity index is 847. The number of benzene rings is 1. The van der Waals surface area contributed by atoms with Crippen LogP contribution >= 0.6 is 11.8 Å². The zero-order valence-corrected chi connectivity index (χ0v) is 13.6. The Morgan fingerprint density at radius 1 is 1.35 bits per heavy atom. The maximum Gasteiger partial charge on any atom is 0.234 e. The second-order valence-electron chi connectivity index (χ2n) is 4.87. The first-order chi connectivity index (χ1) is 11.2. The van der Waals surface area contributed by atoms with Gasteiger partial charge in [0.2, 0.25) is 5.91 Å². The average molecular weight is 328 g/mol. The zero-order valence-electron chi connectivity index (χ0n) is 12.8. The van der Waals surface area contributed by atoms with Crippen molar-refractivity contribution in [2.24, 2.45) is 7.05 Å². The fourth-order valence-electron chi connectivity index (χ4n) is 2.16. The number of hydrogen-bond donors (Lipinski definition) is 1. The normalized spacial score (nSPS) is 10.7. The van der Waals surface area contributed by atoms with E-state index in [4.69, 9.17) is 4.74 Å². The van der Waals surface area contributed by atoms with Gasteiger partial charge in [-0.05, 0) is 24.3 Å². The summed E-state index contributed by atoms with van der Waals surface area (Å²) < 4.78 is 7.03. The van der Waals surface area contributed by atoms with Crippen LogP contribution in [-0.4, -0.2) is 33.3 Å². The Balaban J connectivity index is 1.65. The Morgan fingerprint density at radius 3 is 3.00 bits per heavy atom. The molecular formula is C16H16N4O2S. The van der Waals surface area contributed by atoms with Gasteiger partial charge in [0.1, 0.15) is 11.3 Å². The third-order valence-electron chi connectivity index (χ3n) is 3.27. The second kappa shape index (κ2) is 6.70. The minimum Gasteiger partial charge on any atom is -0.497 e. The van der Waals surface area contributed by atoms with E-state index in [1.54, 1.807) is 19.4 Å². The van der Waals surface area contributed by atoms with Crippen LogP contribution in [0, 0.1) is 0 Å². The molecule has 1 aromatic carbocycles. The summed E-state index contributed by atoms with van der Waals surface area (Å²) >= 11 is 1.38. The van der Waals surface area contributed by atoms with Crippen molar-refractivity contribution in [2.75, 3.05) is 18.2 Å². The number of fused-ring (bicyclic) bond motifs is 1. The van der Waals surface area contributed by atoms with Gasteiger partial charge < -0.3 is 14.6 Å². The highest BCUT2D eigenvalue weighted by molar-refractivity contribution is 7.99. The fourth-order valence-corrected chi connectivity index (χ4v) is 2.94. The predicted molar refractivity (Wildman–Crippen MR) is 90.9 cm³/mol. The Labute approximate surface area is 137 Å². The highest BCUT2D eigenvalue weighted by Gasteiger charge is 2.11. The SMILES string of the molecule is COc1cccc(NC(=O)CSc2nc3cccnc3n2C)c1. The number of nitrogens with one attached hydrogen (secondary N) is 1. The summed E-state index contributed by atoms with van der Waals surface area (Å²) in [6, 6.07) is 11.0. The number of nitrogens with zero attached hydrogens (tertiary/aromatic N) is 3. The van der Waals surface area contributed by atoms with Crippen LogP contribution in [0.15, 0.2) is 47.8 Å². The van der Waals surface area contributed by atoms with Crippen molar-refractivity contribution >= 4 is 34.5 Å². The number of methoxy groups -OCH3 is 1. The van der Waals surface area contributed by atoms with Gasteiger partial charge in [0.25, 0.3) is 0 Å². The van der Waals surface area contributed by atoms with E-state index < -0.39 is 0 Å². The molecule has 2 aromatic heterocycles. The van der Waals surface area contributed by atoms with Crippen molar-refractivity contribution in [3.8, 4) is 5.75 Å². The Kier molecular flexibility index (Phi) is 4.47. The summed E-state index contributed by atoms with van der Waals surface area (Å²) in [6.07, 6.45) is 1.73. The molecule has 3 aromatic rings. The molecule has 0 bridgehead atoms. The van der Waals surface area contributed by atoms with Crippen molar-refractivity contribution in [1.29, 1.82) is 0 Å². The quantitative estimate of drug-likeness (QED) is 0.729. The Morgan fingerprint density at radius 2 is 2.22 bits per heavy atom. The minimum absolute atomic E-state index is 0.0942. The maximum atomic E-state index is 12.1. The number of hydrogen-bond acceptors (Lipinski definition) is 5. The summed E-state index contributed by atoms with van der Waals surface area (Å²) in [6.45, 7) is 0. The van der Waals surface area contributed by atoms with Gasteiger partial charge in [-0.1, -0.05) is 17.8 Å². The molecule has 0 radical (unpaired) electrons. The van der Waals surface area contributed by atoms with Gasteiger partial charge in [0.05, 0.1) is 12.9 Å². The summed E-state index contributed by atoms with van der Waals surface area (Å²) in [5.41, 5.74) is 2.34. The molecule has 0 fully saturated rings. The fraction of sp³-hybridized carbons (Fsp3) is 0.188. The number of aromatic nitrogens is 3. The molecule has 0 aliphatic rings. The molecule has 0 aliphatic heterocycles. The third kappa shape index (κ3) is 3.45. The van der Waals surface area contributed by atoms with Gasteiger partial charge in [-0.25, -0.2) is 9.97 Å². The van der Waals surface area contributed by atoms with Gasteiger partial charge in [-0.15, -0.1) is 0 Å². The molecule has 1 amide bonds. The first-order valence-corrected chi connectivity index (χ1v) is 8.00. The van der Waals surface area contributed by atoms with Gasteiger partial charge in [0.15, 0.2) is 10.8 Å². The molecule has 0 atom stereocenters. The number of amides is 1. The first-order valence-electron chi connectivity index (χ1n) is 7.01. The number of anilines is 1. The van der Waals surface area contributed by atoms with Crippen LogP contribution in [0.3, 0.4) is 0 Å².